The quantitative estimate of drug-likeness (QED) is 0.0781. The Bertz CT molecular complexity index is 7460. The van der Waals surface area contributed by atoms with E-state index in [1.165, 1.54) is 0 Å². The van der Waals surface area contributed by atoms with E-state index in [1.807, 2.05) is 0 Å². The Kier molecular flexibility index (Phi) is 11.7. The summed E-state index contributed by atoms with van der Waals surface area (Å²) in [6.45, 7) is 0. The molecule has 7 saturated carbocycles. The monoisotopic (exact) mass is 1630 g/mol. The summed E-state index contributed by atoms with van der Waals surface area (Å²) < 4.78 is 516. The summed E-state index contributed by atoms with van der Waals surface area (Å²) in [6, 6.07) is -21.4. The Hall–Kier alpha value is -6.02. The van der Waals surface area contributed by atoms with Crippen LogP contribution in [0.2, 0.25) is 35.2 Å². The zero-order valence-corrected chi connectivity index (χ0v) is 58.7. The third kappa shape index (κ3) is 20.3. The van der Waals surface area contributed by atoms with Crippen molar-refractivity contribution in [3.8, 4) is 0 Å². The van der Waals surface area contributed by atoms with E-state index in [4.69, 9.17) is 212 Å². The van der Waals surface area contributed by atoms with Crippen molar-refractivity contribution in [2.45, 2.75) is 218 Å². The molecule has 0 radical (unpaired) electrons. The number of nitrogens with two attached hydrogens (primary N) is 7. The van der Waals surface area contributed by atoms with E-state index in [0.29, 0.717) is 0 Å². The van der Waals surface area contributed by atoms with Crippen molar-refractivity contribution in [3.63, 3.8) is 0 Å². The van der Waals surface area contributed by atoms with Gasteiger partial charge in [0.1, 0.15) is 38.8 Å². The van der Waals surface area contributed by atoms with Crippen molar-refractivity contribution in [2.75, 3.05) is 0 Å². The molecule has 0 aromatic heterocycles. The molecule has 0 spiro atoms. The highest BCUT2D eigenvalue weighted by Gasteiger charge is 2.45. The summed E-state index contributed by atoms with van der Waals surface area (Å²) in [5, 5.41) is -4.72. The summed E-state index contributed by atoms with van der Waals surface area (Å²) >= 11 is 41.5. The van der Waals surface area contributed by atoms with Gasteiger partial charge in [-0.25, -0.2) is 0 Å². The fourth-order valence-corrected chi connectivity index (χ4v) is 10.8. The second-order valence-electron chi connectivity index (χ2n) is 21.4. The van der Waals surface area contributed by atoms with Crippen molar-refractivity contribution in [1.82, 2.24) is 0 Å². The van der Waals surface area contributed by atoms with E-state index in [9.17, 15) is 33.6 Å². The smallest absolute Gasteiger partial charge is 0.157 e. The molecule has 105 heavy (non-hydrogen) atoms. The Morgan fingerprint density at radius 2 is 0.467 bits per heavy atom. The second-order valence-corrected chi connectivity index (χ2v) is 24.1. The Labute approximate surface area is 745 Å². The average Bonchev–Trinajstić information content (AvgIpc) is 0.663. The lowest BCUT2D eigenvalue weighted by atomic mass is 9.76. The van der Waals surface area contributed by atoms with E-state index in [-0.39, 0.29) is 25.7 Å². The minimum atomic E-state index is -3.67. The summed E-state index contributed by atoms with van der Waals surface area (Å²) in [4.78, 5) is 88.2. The van der Waals surface area contributed by atoms with Crippen molar-refractivity contribution >= 4 is 122 Å². The zero-order valence-electron chi connectivity index (χ0n) is 119. The van der Waals surface area contributed by atoms with E-state index in [2.05, 4.69) is 0 Å². The van der Waals surface area contributed by atoms with Crippen LogP contribution in [0.4, 0.5) is 0 Å². The highest BCUT2D eigenvalue weighted by Crippen LogP contribution is 2.42. The molecule has 7 aliphatic rings. The van der Waals surface area contributed by atoms with Gasteiger partial charge in [-0.2, -0.15) is 0 Å². The number of benzene rings is 7. The van der Waals surface area contributed by atoms with Crippen LogP contribution in [0, 0.1) is 0 Å². The molecule has 7 aliphatic carbocycles. The van der Waals surface area contributed by atoms with Gasteiger partial charge in [-0.15, -0.1) is 0 Å². The van der Waals surface area contributed by atoms with Crippen molar-refractivity contribution in [2.24, 2.45) is 40.1 Å². The van der Waals surface area contributed by atoms with Gasteiger partial charge >= 0.3 is 0 Å². The lowest BCUT2D eigenvalue weighted by Gasteiger charge is -2.32. The SMILES string of the molecule is [2H]c1c([2H])c([2H])c(C2(N)C(=O)C([2H])([2H])C([2H])([2H])C([2H])([2H])C2([2H])[2H])c(Cl)c1[2H].[2H]c1c([2H])c([2H])c(C2(N)C(=O)C([2H])([2H])C([2H])([2H])CC2([2H])[2H])c(Cl)c1[2H].[2H]c1c([2H])c([2H])c(C2(N)C(=O)C([2H])([2H])CC([2H])([2H])C2([2H])[2H])c(Cl)c1[2H].[2H]c1c([2H])c([2H])c(C2(N)C(=O)C([2H])([2H])CCC2([2H])[2H])c(Cl)c1[2H].[2H]c1c([2H])c([2H])c(C2(N)C(=O)CC([2H])([2H])C([2H])([2H])C2([2H])[2H])c(Cl)c1[2H].[2H]c1c([2H])c([2H])c(C2(N)C(=O)CC([2H])([2H])CC2([2H])[2H])c(Cl)c1[2H].[2H]c1c([2H])c([2H])c(C2(N)C(=O)CCC([2H])([2H])C2([2H])[2H])c(Cl)c1[2H]. The van der Waals surface area contributed by atoms with Crippen LogP contribution in [-0.4, -0.2) is 40.5 Å². The number of ketones is 7. The van der Waals surface area contributed by atoms with Crippen molar-refractivity contribution in [3.05, 3.63) is 243 Å². The normalized spacial score (nSPS) is 44.9. The summed E-state index contributed by atoms with van der Waals surface area (Å²) in [5.74, 6) is -9.51. The number of halogens is 7. The van der Waals surface area contributed by atoms with Crippen LogP contribution in [0.25, 0.3) is 0 Å². The number of carbonyl (C=O) groups excluding carboxylic acids is 7. The highest BCUT2D eigenvalue weighted by atomic mass is 35.5. The van der Waals surface area contributed by atoms with Gasteiger partial charge in [-0.05, 0) is 171 Å². The third-order valence-electron chi connectivity index (χ3n) is 14.7. The first-order chi connectivity index (χ1) is 75.8. The number of carbonyl (C=O) groups is 7. The number of hydrogen-bond acceptors (Lipinski definition) is 14. The first-order valence-corrected chi connectivity index (χ1v) is 32.1. The van der Waals surface area contributed by atoms with Crippen molar-refractivity contribution < 1.29 is 124 Å². The molecule has 0 saturated heterocycles. The van der Waals surface area contributed by atoms with Gasteiger partial charge in [0.2, 0.25) is 0 Å². The summed E-state index contributed by atoms with van der Waals surface area (Å²) in [5.41, 5.74) is 16.5. The molecule has 0 aliphatic heterocycles. The van der Waals surface area contributed by atoms with Gasteiger partial charge < -0.3 is 40.1 Å². The highest BCUT2D eigenvalue weighted by molar-refractivity contribution is 6.34. The Morgan fingerprint density at radius 3 is 0.838 bits per heavy atom. The molecule has 7 atom stereocenters. The maximum absolute atomic E-state index is 12.8. The lowest BCUT2D eigenvalue weighted by Crippen LogP contribution is -2.47. The molecular formula is C84H98Cl7N7O7. The molecule has 7 aromatic rings. The van der Waals surface area contributed by atoms with Crippen LogP contribution in [0.15, 0.2) is 169 Å². The summed E-state index contributed by atoms with van der Waals surface area (Å²) in [7, 11) is 0. The van der Waals surface area contributed by atoms with Gasteiger partial charge in [-0.1, -0.05) is 253 Å². The predicted octanol–water partition coefficient (Wildman–Crippen LogP) is 18.5. The van der Waals surface area contributed by atoms with Gasteiger partial charge in [-0.3, -0.25) is 33.6 Å². The third-order valence-corrected chi connectivity index (χ3v) is 16.7. The maximum atomic E-state index is 12.8. The van der Waals surface area contributed by atoms with E-state index in [1.54, 1.807) is 0 Å². The van der Waals surface area contributed by atoms with Crippen LogP contribution in [-0.2, 0) is 72.3 Å². The van der Waals surface area contributed by atoms with Gasteiger partial charge in [0.25, 0.3) is 0 Å². The summed E-state index contributed by atoms with van der Waals surface area (Å²) in [6.07, 6.45) is -62.9. The molecule has 560 valence electrons. The lowest BCUT2D eigenvalue weighted by molar-refractivity contribution is -0.127. The maximum Gasteiger partial charge on any atom is 0.157 e. The van der Waals surface area contributed by atoms with Crippen LogP contribution in [0.3, 0.4) is 0 Å². The molecule has 21 heteroatoms. The Balaban J connectivity index is 0.000000240. The van der Waals surface area contributed by atoms with E-state index in [0.717, 1.165) is 0 Å². The topological polar surface area (TPSA) is 302 Å². The van der Waals surface area contributed by atoms with Crippen LogP contribution >= 0.6 is 81.2 Å². The van der Waals surface area contributed by atoms with Gasteiger partial charge in [0.05, 0.1) is 38.4 Å². The fourth-order valence-electron chi connectivity index (χ4n) is 9.13. The minimum absolute atomic E-state index is 0.359. The number of hydrogen-bond donors (Lipinski definition) is 7. The molecule has 14 rings (SSSR count). The molecule has 0 bridgehead atoms. The first-order valence-electron chi connectivity index (χ1n) is 62.5. The van der Waals surface area contributed by atoms with E-state index >= 15 is 0 Å². The standard InChI is InChI=1S/7C12H14ClNO/c7*13-10-6-2-1-5-9(10)12(14)8-4-3-7-11(12)15/h7*1-2,5-6H,3-4,7-8,14H2/i1D,2D,3D2,4D2,5D,6D,7D2,8D2;1D,2D,4D2,5D,6D,7D2,8D2;1D,2D,3D2,5D,6D,7D2,8D2;1D,2D,3D2,4D2,5D,6D,8D2;1D,2D,5D,6D,7D2,8D2;1D,2D,4D2,5D,6D,8D2;1D,2D,3D2,5D,6D,8D2. The fraction of sp³-hybridized carbons (Fsp3) is 0.417. The molecule has 7 fully saturated rings. The molecular weight excluding hydrogens is 1470 g/mol. The molecule has 7 aromatic carbocycles. The molecule has 14 N–H and O–H groups in total. The van der Waals surface area contributed by atoms with Gasteiger partial charge in [0, 0.05) is 132 Å². The Morgan fingerprint density at radius 1 is 0.229 bits per heavy atom. The van der Waals surface area contributed by atoms with Crippen LogP contribution in [0.1, 0.15) is 308 Å². The average molecular weight is 1630 g/mol. The zero-order chi connectivity index (χ0) is 135. The van der Waals surface area contributed by atoms with E-state index < -0.39 is 476 Å². The number of rotatable bonds is 7. The molecule has 7 unspecified atom stereocenters. The van der Waals surface area contributed by atoms with Gasteiger partial charge in [0.15, 0.2) is 40.5 Å². The molecule has 0 amide bonds. The minimum Gasteiger partial charge on any atom is -0.315 e. The largest absolute Gasteiger partial charge is 0.315 e. The first kappa shape index (κ1) is 32.1. The molecule has 14 nitrogen and oxygen atoms in total. The molecule has 0 heterocycles. The van der Waals surface area contributed by atoms with Crippen molar-refractivity contribution in [1.29, 1.82) is 0 Å². The van der Waals surface area contributed by atoms with Crippen LogP contribution < -0.4 is 40.1 Å². The second kappa shape index (κ2) is 38.4. The van der Waals surface area contributed by atoms with Crippen LogP contribution in [0.5, 0.6) is 0 Å². The number of Topliss-reactive ketones (excluding diaryl/α,β-unsaturated/α-hetero) is 7. The predicted molar refractivity (Wildman–Crippen MR) is 426 cm³/mol.